The zero-order valence-corrected chi connectivity index (χ0v) is 16.9. The number of rotatable bonds is 5. The number of ether oxygens (including phenoxy) is 1. The summed E-state index contributed by atoms with van der Waals surface area (Å²) in [5.74, 6) is -0.513. The molecule has 1 aromatic carbocycles. The van der Waals surface area contributed by atoms with Gasteiger partial charge in [0.15, 0.2) is 0 Å². The third kappa shape index (κ3) is 4.27. The van der Waals surface area contributed by atoms with E-state index in [1.165, 1.54) is 6.07 Å². The minimum atomic E-state index is -0.450. The van der Waals surface area contributed by atoms with Crippen LogP contribution in [0, 0.1) is 5.82 Å². The molecule has 8 heteroatoms. The van der Waals surface area contributed by atoms with E-state index in [1.54, 1.807) is 25.4 Å². The molecule has 1 aliphatic rings. The van der Waals surface area contributed by atoms with Gasteiger partial charge in [-0.05, 0) is 35.4 Å². The van der Waals surface area contributed by atoms with Crippen LogP contribution in [0.3, 0.4) is 0 Å². The van der Waals surface area contributed by atoms with Gasteiger partial charge >= 0.3 is 0 Å². The number of pyridine rings is 1. The standard InChI is InChI=1S/C21H22ClFN4O2/c1-29-11-10-25-6-8-26(9-7-25)21(28)19-14-27-13-16(3-5-20(27)24-19)15-2-4-18(23)17(22)12-15/h2-5,12-14H,6-11H2,1H3. The van der Waals surface area contributed by atoms with Crippen LogP contribution in [-0.4, -0.2) is 71.5 Å². The van der Waals surface area contributed by atoms with Crippen molar-refractivity contribution in [1.82, 2.24) is 19.2 Å². The van der Waals surface area contributed by atoms with Crippen LogP contribution in [0.2, 0.25) is 5.02 Å². The summed E-state index contributed by atoms with van der Waals surface area (Å²) in [6.45, 7) is 4.59. The first-order valence-corrected chi connectivity index (χ1v) is 9.88. The summed E-state index contributed by atoms with van der Waals surface area (Å²) in [4.78, 5) is 21.5. The average molecular weight is 417 g/mol. The Labute approximate surface area is 173 Å². The summed E-state index contributed by atoms with van der Waals surface area (Å²) >= 11 is 5.90. The van der Waals surface area contributed by atoms with Gasteiger partial charge < -0.3 is 14.0 Å². The number of fused-ring (bicyclic) bond motifs is 1. The van der Waals surface area contributed by atoms with Gasteiger partial charge in [-0.1, -0.05) is 17.7 Å². The molecule has 1 amide bonds. The third-order valence-electron chi connectivity index (χ3n) is 5.19. The number of halogens is 2. The van der Waals surface area contributed by atoms with Crippen molar-refractivity contribution in [2.45, 2.75) is 0 Å². The van der Waals surface area contributed by atoms with Crippen molar-refractivity contribution in [2.24, 2.45) is 0 Å². The number of nitrogens with zero attached hydrogens (tertiary/aromatic N) is 4. The van der Waals surface area contributed by atoms with Crippen molar-refractivity contribution in [3.05, 3.63) is 59.3 Å². The van der Waals surface area contributed by atoms with Gasteiger partial charge in [0, 0.05) is 52.2 Å². The van der Waals surface area contributed by atoms with Gasteiger partial charge in [-0.2, -0.15) is 0 Å². The van der Waals surface area contributed by atoms with Crippen LogP contribution in [0.1, 0.15) is 10.5 Å². The fourth-order valence-electron chi connectivity index (χ4n) is 3.50. The second-order valence-corrected chi connectivity index (χ2v) is 7.47. The van der Waals surface area contributed by atoms with E-state index in [9.17, 15) is 9.18 Å². The highest BCUT2D eigenvalue weighted by Crippen LogP contribution is 2.25. The number of hydrogen-bond acceptors (Lipinski definition) is 4. The highest BCUT2D eigenvalue weighted by molar-refractivity contribution is 6.31. The maximum Gasteiger partial charge on any atom is 0.274 e. The van der Waals surface area contributed by atoms with Crippen molar-refractivity contribution >= 4 is 23.2 Å². The Morgan fingerprint density at radius 2 is 1.90 bits per heavy atom. The van der Waals surface area contributed by atoms with Crippen LogP contribution in [0.25, 0.3) is 16.8 Å². The van der Waals surface area contributed by atoms with Crippen molar-refractivity contribution in [2.75, 3.05) is 46.4 Å². The van der Waals surface area contributed by atoms with Crippen LogP contribution in [0.5, 0.6) is 0 Å². The van der Waals surface area contributed by atoms with E-state index in [1.807, 2.05) is 27.6 Å². The van der Waals surface area contributed by atoms with E-state index in [0.717, 1.165) is 30.8 Å². The zero-order chi connectivity index (χ0) is 20.4. The molecule has 6 nitrogen and oxygen atoms in total. The number of hydrogen-bond donors (Lipinski definition) is 0. The molecule has 0 radical (unpaired) electrons. The van der Waals surface area contributed by atoms with E-state index in [2.05, 4.69) is 9.88 Å². The maximum absolute atomic E-state index is 13.4. The molecule has 0 spiro atoms. The number of methoxy groups -OCH3 is 1. The summed E-state index contributed by atoms with van der Waals surface area (Å²) in [5.41, 5.74) is 2.77. The van der Waals surface area contributed by atoms with E-state index in [4.69, 9.17) is 16.3 Å². The molecule has 0 aliphatic carbocycles. The number of imidazole rings is 1. The molecule has 29 heavy (non-hydrogen) atoms. The molecule has 0 bridgehead atoms. The molecule has 3 aromatic rings. The van der Waals surface area contributed by atoms with Crippen LogP contribution in [0.15, 0.2) is 42.7 Å². The van der Waals surface area contributed by atoms with E-state index >= 15 is 0 Å². The number of carbonyl (C=O) groups is 1. The number of benzene rings is 1. The van der Waals surface area contributed by atoms with Gasteiger partial charge in [0.25, 0.3) is 5.91 Å². The molecule has 0 saturated carbocycles. The molecule has 152 valence electrons. The van der Waals surface area contributed by atoms with Crippen molar-refractivity contribution in [3.8, 4) is 11.1 Å². The molecule has 0 N–H and O–H groups in total. The maximum atomic E-state index is 13.4. The second-order valence-electron chi connectivity index (χ2n) is 7.06. The minimum absolute atomic E-state index is 0.0635. The minimum Gasteiger partial charge on any atom is -0.383 e. The molecule has 1 aliphatic heterocycles. The molecule has 0 atom stereocenters. The predicted octanol–water partition coefficient (Wildman–Crippen LogP) is 3.20. The van der Waals surface area contributed by atoms with E-state index in [-0.39, 0.29) is 10.9 Å². The fourth-order valence-corrected chi connectivity index (χ4v) is 3.68. The van der Waals surface area contributed by atoms with Crippen LogP contribution < -0.4 is 0 Å². The van der Waals surface area contributed by atoms with Crippen LogP contribution in [-0.2, 0) is 4.74 Å². The number of aromatic nitrogens is 2. The highest BCUT2D eigenvalue weighted by Gasteiger charge is 2.23. The number of piperazine rings is 1. The molecule has 4 rings (SSSR count). The summed E-state index contributed by atoms with van der Waals surface area (Å²) < 4.78 is 20.4. The SMILES string of the molecule is COCCN1CCN(C(=O)c2cn3cc(-c4ccc(F)c(Cl)c4)ccc3n2)CC1. The van der Waals surface area contributed by atoms with E-state index in [0.29, 0.717) is 31.0 Å². The molecule has 1 saturated heterocycles. The van der Waals surface area contributed by atoms with Crippen LogP contribution in [0.4, 0.5) is 4.39 Å². The highest BCUT2D eigenvalue weighted by atomic mass is 35.5. The van der Waals surface area contributed by atoms with E-state index < -0.39 is 5.82 Å². The summed E-state index contributed by atoms with van der Waals surface area (Å²) in [6.07, 6.45) is 3.61. The lowest BCUT2D eigenvalue weighted by Crippen LogP contribution is -2.49. The second kappa shape index (κ2) is 8.49. The molecule has 2 aromatic heterocycles. The van der Waals surface area contributed by atoms with Crippen molar-refractivity contribution < 1.29 is 13.9 Å². The Morgan fingerprint density at radius 1 is 1.14 bits per heavy atom. The van der Waals surface area contributed by atoms with Crippen molar-refractivity contribution in [3.63, 3.8) is 0 Å². The Hall–Kier alpha value is -2.48. The normalized spacial score (nSPS) is 15.2. The average Bonchev–Trinajstić information content (AvgIpc) is 3.17. The fraction of sp³-hybridized carbons (Fsp3) is 0.333. The zero-order valence-electron chi connectivity index (χ0n) is 16.1. The molecule has 3 heterocycles. The lowest BCUT2D eigenvalue weighted by Gasteiger charge is -2.34. The van der Waals surface area contributed by atoms with Gasteiger partial charge in [-0.25, -0.2) is 9.37 Å². The topological polar surface area (TPSA) is 50.1 Å². The number of carbonyl (C=O) groups excluding carboxylic acids is 1. The third-order valence-corrected chi connectivity index (χ3v) is 5.48. The smallest absolute Gasteiger partial charge is 0.274 e. The summed E-state index contributed by atoms with van der Waals surface area (Å²) in [7, 11) is 1.69. The Morgan fingerprint density at radius 3 is 2.62 bits per heavy atom. The monoisotopic (exact) mass is 416 g/mol. The molecular formula is C21H22ClFN4O2. The van der Waals surface area contributed by atoms with Crippen molar-refractivity contribution in [1.29, 1.82) is 0 Å². The van der Waals surface area contributed by atoms with Gasteiger partial charge in [0.2, 0.25) is 0 Å². The predicted molar refractivity (Wildman–Crippen MR) is 110 cm³/mol. The quantitative estimate of drug-likeness (QED) is 0.641. The van der Waals surface area contributed by atoms with Gasteiger partial charge in [0.1, 0.15) is 17.2 Å². The summed E-state index contributed by atoms with van der Waals surface area (Å²) in [6, 6.07) is 8.33. The summed E-state index contributed by atoms with van der Waals surface area (Å²) in [5, 5.41) is 0.0775. The first kappa shape index (κ1) is 19.8. The first-order chi connectivity index (χ1) is 14.0. The lowest BCUT2D eigenvalue weighted by molar-refractivity contribution is 0.0589. The molecule has 0 unspecified atom stereocenters. The first-order valence-electron chi connectivity index (χ1n) is 9.50. The van der Waals surface area contributed by atoms with Gasteiger partial charge in [-0.15, -0.1) is 0 Å². The Kier molecular flexibility index (Phi) is 5.80. The number of amides is 1. The molecular weight excluding hydrogens is 395 g/mol. The lowest BCUT2D eigenvalue weighted by atomic mass is 10.1. The van der Waals surface area contributed by atoms with Gasteiger partial charge in [-0.3, -0.25) is 9.69 Å². The van der Waals surface area contributed by atoms with Gasteiger partial charge in [0.05, 0.1) is 11.6 Å². The largest absolute Gasteiger partial charge is 0.383 e. The Bertz CT molecular complexity index is 1030. The van der Waals surface area contributed by atoms with Crippen LogP contribution >= 0.6 is 11.6 Å². The molecule has 1 fully saturated rings. The Balaban J connectivity index is 1.50.